The van der Waals surface area contributed by atoms with Gasteiger partial charge in [-0.25, -0.2) is 15.0 Å². The number of hydrogen-bond donors (Lipinski definition) is 2. The molecule has 0 bridgehead atoms. The van der Waals surface area contributed by atoms with Gasteiger partial charge < -0.3 is 19.6 Å². The van der Waals surface area contributed by atoms with Gasteiger partial charge >= 0.3 is 12.0 Å². The first-order chi connectivity index (χ1) is 17.0. The second-order valence-corrected chi connectivity index (χ2v) is 8.80. The van der Waals surface area contributed by atoms with Crippen LogP contribution in [0.4, 0.5) is 0 Å². The first-order valence-corrected chi connectivity index (χ1v) is 11.6. The fourth-order valence-electron chi connectivity index (χ4n) is 4.44. The molecule has 4 aromatic heterocycles. The maximum atomic E-state index is 10.9. The number of carboxylic acid groups (broad SMARTS) is 1. The largest absolute Gasteiger partial charge is 0.481 e. The zero-order valence-corrected chi connectivity index (χ0v) is 19.6. The number of fused-ring (bicyclic) bond motifs is 1. The highest BCUT2D eigenvalue weighted by atomic mass is 16.5. The fraction of sp³-hybridized carbons (Fsp3) is 0.360. The average molecular weight is 475 g/mol. The zero-order chi connectivity index (χ0) is 24.4. The summed E-state index contributed by atoms with van der Waals surface area (Å²) in [6.07, 6.45) is 8.76. The Morgan fingerprint density at radius 2 is 1.86 bits per heavy atom. The third-order valence-corrected chi connectivity index (χ3v) is 6.35. The van der Waals surface area contributed by atoms with E-state index >= 15 is 0 Å². The van der Waals surface area contributed by atoms with Gasteiger partial charge in [0, 0.05) is 42.2 Å². The van der Waals surface area contributed by atoms with E-state index in [-0.39, 0.29) is 18.4 Å². The predicted molar refractivity (Wildman–Crippen MR) is 128 cm³/mol. The van der Waals surface area contributed by atoms with Gasteiger partial charge in [0.25, 0.3) is 0 Å². The minimum atomic E-state index is -0.736. The number of carboxylic acids is 1. The normalized spacial score (nSPS) is 17.9. The van der Waals surface area contributed by atoms with E-state index in [9.17, 15) is 4.79 Å². The Bertz CT molecular complexity index is 1350. The Morgan fingerprint density at radius 3 is 2.54 bits per heavy atom. The molecule has 180 valence electrons. The summed E-state index contributed by atoms with van der Waals surface area (Å²) in [6, 6.07) is 5.94. The molecule has 1 fully saturated rings. The number of nitrogens with one attached hydrogen (secondary N) is 1. The summed E-state index contributed by atoms with van der Waals surface area (Å²) in [5.74, 6) is 0.707. The minimum Gasteiger partial charge on any atom is -0.481 e. The number of aromatic amines is 1. The number of ether oxygens (including phenoxy) is 2. The van der Waals surface area contributed by atoms with E-state index in [1.165, 1.54) is 0 Å². The van der Waals surface area contributed by atoms with Gasteiger partial charge in [-0.2, -0.15) is 4.98 Å². The van der Waals surface area contributed by atoms with Crippen molar-refractivity contribution in [3.63, 3.8) is 0 Å². The number of methoxy groups -OCH3 is 1. The lowest BCUT2D eigenvalue weighted by Crippen LogP contribution is -2.25. The van der Waals surface area contributed by atoms with E-state index in [0.717, 1.165) is 53.6 Å². The molecule has 5 rings (SSSR count). The molecule has 0 atom stereocenters. The summed E-state index contributed by atoms with van der Waals surface area (Å²) in [5, 5.41) is 8.96. The maximum Gasteiger partial charge on any atom is 0.316 e. The van der Waals surface area contributed by atoms with Crippen LogP contribution in [0.25, 0.3) is 33.8 Å². The molecule has 1 aliphatic rings. The lowest BCUT2D eigenvalue weighted by molar-refractivity contribution is -0.138. The summed E-state index contributed by atoms with van der Waals surface area (Å²) in [5.41, 5.74) is 4.83. The van der Waals surface area contributed by atoms with Gasteiger partial charge in [-0.1, -0.05) is 0 Å². The van der Waals surface area contributed by atoms with Crippen LogP contribution in [-0.2, 0) is 4.79 Å². The topological polar surface area (TPSA) is 136 Å². The first kappa shape index (κ1) is 22.7. The van der Waals surface area contributed by atoms with Crippen molar-refractivity contribution in [1.29, 1.82) is 0 Å². The molecule has 0 saturated heterocycles. The number of imidazole rings is 1. The van der Waals surface area contributed by atoms with E-state index in [4.69, 9.17) is 14.6 Å². The van der Waals surface area contributed by atoms with Crippen LogP contribution in [0.15, 0.2) is 36.8 Å². The molecule has 35 heavy (non-hydrogen) atoms. The van der Waals surface area contributed by atoms with Crippen molar-refractivity contribution in [2.24, 2.45) is 5.92 Å². The van der Waals surface area contributed by atoms with Crippen LogP contribution < -0.4 is 9.47 Å². The molecule has 1 saturated carbocycles. The molecule has 0 aromatic carbocycles. The molecule has 0 aliphatic heterocycles. The lowest BCUT2D eigenvalue weighted by Gasteiger charge is -2.27. The third kappa shape index (κ3) is 5.06. The highest BCUT2D eigenvalue weighted by molar-refractivity contribution is 5.77. The summed E-state index contributed by atoms with van der Waals surface area (Å²) in [7, 11) is 1.58. The summed E-state index contributed by atoms with van der Waals surface area (Å²) >= 11 is 0. The van der Waals surface area contributed by atoms with Gasteiger partial charge in [0.15, 0.2) is 5.65 Å². The average Bonchev–Trinajstić information content (AvgIpc) is 3.28. The number of aliphatic carboxylic acids is 1. The first-order valence-electron chi connectivity index (χ1n) is 11.6. The molecule has 0 unspecified atom stereocenters. The number of rotatable bonds is 7. The number of carbonyl (C=O) groups is 1. The van der Waals surface area contributed by atoms with Crippen molar-refractivity contribution in [1.82, 2.24) is 29.9 Å². The van der Waals surface area contributed by atoms with Crippen molar-refractivity contribution in [3.8, 4) is 34.5 Å². The van der Waals surface area contributed by atoms with E-state index in [1.54, 1.807) is 31.8 Å². The summed E-state index contributed by atoms with van der Waals surface area (Å²) in [6.45, 7) is 2.00. The number of aryl methyl sites for hydroxylation is 1. The number of H-pyrrole nitrogens is 1. The summed E-state index contributed by atoms with van der Waals surface area (Å²) < 4.78 is 11.1. The van der Waals surface area contributed by atoms with Crippen LogP contribution in [0.3, 0.4) is 0 Å². The molecule has 0 spiro atoms. The number of pyridine rings is 2. The minimum absolute atomic E-state index is 0.0174. The molecule has 4 aromatic rings. The monoisotopic (exact) mass is 474 g/mol. The Labute approximate surface area is 201 Å². The molecule has 2 N–H and O–H groups in total. The Kier molecular flexibility index (Phi) is 6.26. The molecule has 0 radical (unpaired) electrons. The zero-order valence-electron chi connectivity index (χ0n) is 19.6. The quantitative estimate of drug-likeness (QED) is 0.404. The number of aromatic nitrogens is 6. The molecule has 10 nitrogen and oxygen atoms in total. The van der Waals surface area contributed by atoms with Gasteiger partial charge in [-0.15, -0.1) is 0 Å². The SMILES string of the molecule is COc1ccc2nc(-c3cnc(-c4cnc(O[C@H]5CC[C@H](CC(=O)O)CC5)nc4)cc3C)[nH]c2n1. The smallest absolute Gasteiger partial charge is 0.316 e. The van der Waals surface area contributed by atoms with Gasteiger partial charge in [0.05, 0.1) is 12.8 Å². The van der Waals surface area contributed by atoms with E-state index < -0.39 is 5.97 Å². The van der Waals surface area contributed by atoms with Crippen molar-refractivity contribution < 1.29 is 19.4 Å². The molecule has 4 heterocycles. The van der Waals surface area contributed by atoms with E-state index in [1.807, 2.05) is 19.1 Å². The van der Waals surface area contributed by atoms with Crippen molar-refractivity contribution in [2.45, 2.75) is 45.1 Å². The Hall–Kier alpha value is -4.08. The van der Waals surface area contributed by atoms with Crippen molar-refractivity contribution >= 4 is 17.1 Å². The molecule has 1 aliphatic carbocycles. The van der Waals surface area contributed by atoms with Crippen molar-refractivity contribution in [3.05, 3.63) is 42.4 Å². The standard InChI is InChI=1S/C25H26N6O4/c1-14-9-20(26-13-18(14)23-29-19-7-8-21(34-2)30-24(19)31-23)16-11-27-25(28-12-16)35-17-5-3-15(4-6-17)10-22(32)33/h7-9,11-13,15,17H,3-6,10H2,1-2H3,(H,32,33)(H,29,30,31)/t15-,17-. The van der Waals surface area contributed by atoms with E-state index in [2.05, 4.69) is 29.9 Å². The lowest BCUT2D eigenvalue weighted by atomic mass is 9.85. The van der Waals surface area contributed by atoms with Crippen LogP contribution in [-0.4, -0.2) is 54.2 Å². The second-order valence-electron chi connectivity index (χ2n) is 8.80. The fourth-order valence-corrected chi connectivity index (χ4v) is 4.44. The molecular weight excluding hydrogens is 448 g/mol. The highest BCUT2D eigenvalue weighted by Crippen LogP contribution is 2.30. The molecule has 10 heteroatoms. The van der Waals surface area contributed by atoms with Crippen LogP contribution in [0, 0.1) is 12.8 Å². The Balaban J connectivity index is 1.26. The third-order valence-electron chi connectivity index (χ3n) is 6.35. The maximum absolute atomic E-state index is 10.9. The van der Waals surface area contributed by atoms with Crippen LogP contribution in [0.5, 0.6) is 11.9 Å². The van der Waals surface area contributed by atoms with Crippen LogP contribution >= 0.6 is 0 Å². The van der Waals surface area contributed by atoms with Crippen LogP contribution in [0.1, 0.15) is 37.7 Å². The van der Waals surface area contributed by atoms with Gasteiger partial charge in [0.2, 0.25) is 5.88 Å². The summed E-state index contributed by atoms with van der Waals surface area (Å²) in [4.78, 5) is 36.5. The molecular formula is C25H26N6O4. The van der Waals surface area contributed by atoms with Gasteiger partial charge in [-0.05, 0) is 56.2 Å². The van der Waals surface area contributed by atoms with Crippen LogP contribution in [0.2, 0.25) is 0 Å². The number of nitrogens with zero attached hydrogens (tertiary/aromatic N) is 5. The van der Waals surface area contributed by atoms with Gasteiger partial charge in [-0.3, -0.25) is 9.78 Å². The highest BCUT2D eigenvalue weighted by Gasteiger charge is 2.24. The molecule has 0 amide bonds. The number of hydrogen-bond acceptors (Lipinski definition) is 8. The van der Waals surface area contributed by atoms with Crippen molar-refractivity contribution in [2.75, 3.05) is 7.11 Å². The Morgan fingerprint density at radius 1 is 1.09 bits per heavy atom. The second kappa shape index (κ2) is 9.65. The van der Waals surface area contributed by atoms with E-state index in [0.29, 0.717) is 23.4 Å². The predicted octanol–water partition coefficient (Wildman–Crippen LogP) is 4.21. The van der Waals surface area contributed by atoms with Gasteiger partial charge in [0.1, 0.15) is 17.4 Å².